The number of amides is 1. The molecule has 1 fully saturated rings. The van der Waals surface area contributed by atoms with E-state index >= 15 is 4.39 Å². The maximum atomic E-state index is 15.1. The largest absolute Gasteiger partial charge is 0.423 e. The fraction of sp³-hybridized carbons (Fsp3) is 0.375. The molecule has 1 atom stereocenters. The number of benzene rings is 2. The summed E-state index contributed by atoms with van der Waals surface area (Å²) in [4.78, 5) is 14.0. The number of sulfone groups is 1. The third-order valence-electron chi connectivity index (χ3n) is 6.09. The van der Waals surface area contributed by atoms with E-state index in [9.17, 15) is 39.6 Å². The van der Waals surface area contributed by atoms with Gasteiger partial charge in [-0.15, -0.1) is 5.10 Å². The molecule has 0 spiro atoms. The van der Waals surface area contributed by atoms with E-state index in [1.165, 1.54) is 11.0 Å². The molecule has 0 bridgehead atoms. The smallest absolute Gasteiger partial charge is 0.403 e. The summed E-state index contributed by atoms with van der Waals surface area (Å²) in [7, 11) is -4.04. The Morgan fingerprint density at radius 3 is 2.23 bits per heavy atom. The molecule has 1 amide bonds. The van der Waals surface area contributed by atoms with Gasteiger partial charge in [0.15, 0.2) is 9.84 Å². The van der Waals surface area contributed by atoms with Crippen LogP contribution in [0.1, 0.15) is 18.4 Å². The molecular formula is C24H21ClF7N5O5S. The summed E-state index contributed by atoms with van der Waals surface area (Å²) in [6.45, 7) is 0.00954. The first-order valence-corrected chi connectivity index (χ1v) is 14.2. The topological polar surface area (TPSA) is 152 Å². The van der Waals surface area contributed by atoms with Crippen molar-refractivity contribution in [3.8, 4) is 11.5 Å². The summed E-state index contributed by atoms with van der Waals surface area (Å²) in [5.74, 6) is -2.24. The maximum Gasteiger partial charge on any atom is 0.423 e. The number of halogens is 8. The molecule has 19 heteroatoms. The van der Waals surface area contributed by atoms with Gasteiger partial charge in [0.2, 0.25) is 12.0 Å². The van der Waals surface area contributed by atoms with Crippen molar-refractivity contribution in [3.05, 3.63) is 52.8 Å². The van der Waals surface area contributed by atoms with Crippen molar-refractivity contribution >= 4 is 39.0 Å². The second-order valence-electron chi connectivity index (χ2n) is 9.56. The number of hydrogen-bond acceptors (Lipinski definition) is 9. The summed E-state index contributed by atoms with van der Waals surface area (Å²) in [5.41, 5.74) is 6.47. The lowest BCUT2D eigenvalue weighted by atomic mass is 10.1. The highest BCUT2D eigenvalue weighted by Gasteiger charge is 2.55. The minimum absolute atomic E-state index is 0.00537. The van der Waals surface area contributed by atoms with Crippen molar-refractivity contribution in [1.82, 2.24) is 10.2 Å². The maximum absolute atomic E-state index is 15.1. The number of rotatable bonds is 5. The summed E-state index contributed by atoms with van der Waals surface area (Å²) >= 11 is 5.94. The number of hydrogen-bond donors (Lipinski definition) is 3. The molecule has 1 aliphatic carbocycles. The molecule has 0 saturated heterocycles. The van der Waals surface area contributed by atoms with Gasteiger partial charge in [-0.25, -0.2) is 12.8 Å². The summed E-state index contributed by atoms with van der Waals surface area (Å²) in [5, 5.41) is 18.7. The highest BCUT2D eigenvalue weighted by molar-refractivity contribution is 7.91. The number of fused-ring (bicyclic) bond motifs is 1. The van der Waals surface area contributed by atoms with Crippen LogP contribution in [-0.2, 0) is 21.2 Å². The van der Waals surface area contributed by atoms with E-state index in [4.69, 9.17) is 26.9 Å². The van der Waals surface area contributed by atoms with E-state index in [2.05, 4.69) is 15.5 Å². The van der Waals surface area contributed by atoms with Crippen LogP contribution in [0.5, 0.6) is 0 Å². The van der Waals surface area contributed by atoms with Crippen LogP contribution in [0.25, 0.3) is 11.5 Å². The number of carbonyl (C=O) groups is 1. The number of nitrogens with zero attached hydrogens (tertiary/aromatic N) is 3. The Hall–Kier alpha value is -3.48. The average molecular weight is 660 g/mol. The molecule has 1 aromatic heterocycles. The Labute approximate surface area is 243 Å². The quantitative estimate of drug-likeness (QED) is 0.342. The SMILES string of the molecule is N[C@H]1CS(=O)(=O)c2cc(F)c(-c3nnc(NC4CC4)o3)cc2N(Cc2ccc(Cl)cc2)C1=O.OC(C(F)(F)F)C(F)(F)F. The monoisotopic (exact) mass is 659 g/mol. The lowest BCUT2D eigenvalue weighted by Crippen LogP contribution is -2.45. The number of anilines is 2. The fourth-order valence-corrected chi connectivity index (χ4v) is 5.49. The third-order valence-corrected chi connectivity index (χ3v) is 8.14. The molecule has 1 saturated carbocycles. The zero-order valence-electron chi connectivity index (χ0n) is 21.5. The standard InChI is InChI=1S/C21H19ClFN5O4S.C3H2F6O/c22-12-3-1-11(2-4-12)9-28-17-7-14(19-26-27-21(32-19)25-13-5-6-13)15(23)8-18(17)33(30,31)10-16(24)20(28)29;4-2(5,6)1(10)3(7,8)9/h1-4,7-8,13,16H,5-6,9-10,24H2,(H,25,27);1,10H/t16-;/m0./s1. The first-order chi connectivity index (χ1) is 19.9. The lowest BCUT2D eigenvalue weighted by molar-refractivity contribution is -0.308. The number of aliphatic hydroxyl groups excluding tert-OH is 1. The molecule has 2 heterocycles. The van der Waals surface area contributed by atoms with Gasteiger partial charge in [0.25, 0.3) is 5.89 Å². The van der Waals surface area contributed by atoms with E-state index < -0.39 is 51.8 Å². The number of nitrogens with one attached hydrogen (secondary N) is 1. The summed E-state index contributed by atoms with van der Waals surface area (Å²) in [6, 6.07) is 7.91. The number of aliphatic hydroxyl groups is 1. The predicted octanol–water partition coefficient (Wildman–Crippen LogP) is 4.22. The van der Waals surface area contributed by atoms with Crippen molar-refractivity contribution < 1.29 is 53.5 Å². The molecule has 1 aliphatic heterocycles. The number of nitrogens with two attached hydrogens (primary N) is 1. The highest BCUT2D eigenvalue weighted by Crippen LogP contribution is 2.38. The van der Waals surface area contributed by atoms with Crippen LogP contribution in [0.2, 0.25) is 5.02 Å². The number of carbonyl (C=O) groups excluding carboxylic acids is 1. The fourth-order valence-electron chi connectivity index (χ4n) is 3.80. The van der Waals surface area contributed by atoms with Crippen molar-refractivity contribution in [2.75, 3.05) is 16.0 Å². The van der Waals surface area contributed by atoms with Gasteiger partial charge in [0, 0.05) is 11.1 Å². The zero-order valence-corrected chi connectivity index (χ0v) is 23.0. The van der Waals surface area contributed by atoms with Crippen molar-refractivity contribution in [1.29, 1.82) is 0 Å². The van der Waals surface area contributed by atoms with Gasteiger partial charge in [-0.1, -0.05) is 28.8 Å². The minimum Gasteiger partial charge on any atom is -0.403 e. The summed E-state index contributed by atoms with van der Waals surface area (Å²) in [6.07, 6.45) is -13.5. The predicted molar refractivity (Wildman–Crippen MR) is 137 cm³/mol. The molecule has 10 nitrogen and oxygen atoms in total. The first-order valence-electron chi connectivity index (χ1n) is 12.2. The number of alkyl halides is 6. The minimum atomic E-state index is -5.63. The molecule has 0 unspecified atom stereocenters. The van der Waals surface area contributed by atoms with Gasteiger partial charge >= 0.3 is 18.4 Å². The van der Waals surface area contributed by atoms with Gasteiger partial charge in [-0.3, -0.25) is 4.79 Å². The highest BCUT2D eigenvalue weighted by atomic mass is 35.5. The summed E-state index contributed by atoms with van der Waals surface area (Å²) < 4.78 is 112. The molecule has 2 aliphatic rings. The van der Waals surface area contributed by atoms with E-state index in [1.807, 2.05) is 0 Å². The van der Waals surface area contributed by atoms with Crippen LogP contribution in [0.15, 0.2) is 45.7 Å². The van der Waals surface area contributed by atoms with Crippen molar-refractivity contribution in [3.63, 3.8) is 0 Å². The lowest BCUT2D eigenvalue weighted by Gasteiger charge is -2.24. The third kappa shape index (κ3) is 7.73. The van der Waals surface area contributed by atoms with Gasteiger partial charge in [-0.05, 0) is 42.7 Å². The molecule has 3 aromatic rings. The molecule has 234 valence electrons. The van der Waals surface area contributed by atoms with Crippen LogP contribution in [0, 0.1) is 5.82 Å². The first kappa shape index (κ1) is 32.4. The Morgan fingerprint density at radius 1 is 1.09 bits per heavy atom. The average Bonchev–Trinajstić information content (AvgIpc) is 3.61. The van der Waals surface area contributed by atoms with Crippen LogP contribution in [0.4, 0.5) is 42.4 Å². The molecule has 43 heavy (non-hydrogen) atoms. The van der Waals surface area contributed by atoms with Crippen LogP contribution < -0.4 is 16.0 Å². The Balaban J connectivity index is 0.000000365. The van der Waals surface area contributed by atoms with Crippen LogP contribution in [-0.4, -0.2) is 65.9 Å². The van der Waals surface area contributed by atoms with E-state index in [0.29, 0.717) is 10.6 Å². The van der Waals surface area contributed by atoms with Gasteiger partial charge < -0.3 is 25.5 Å². The van der Waals surface area contributed by atoms with Crippen LogP contribution >= 0.6 is 11.6 Å². The number of aromatic nitrogens is 2. The molecule has 0 radical (unpaired) electrons. The Bertz CT molecular complexity index is 1580. The Morgan fingerprint density at radius 2 is 1.70 bits per heavy atom. The molecule has 5 rings (SSSR count). The molecule has 4 N–H and O–H groups in total. The van der Waals surface area contributed by atoms with Gasteiger partial charge in [-0.2, -0.15) is 26.3 Å². The van der Waals surface area contributed by atoms with E-state index in [-0.39, 0.29) is 40.6 Å². The Kier molecular flexibility index (Phi) is 8.97. The van der Waals surface area contributed by atoms with Crippen molar-refractivity contribution in [2.45, 2.75) is 54.8 Å². The second kappa shape index (κ2) is 11.9. The molecular weight excluding hydrogens is 639 g/mol. The van der Waals surface area contributed by atoms with Gasteiger partial charge in [0.1, 0.15) is 5.82 Å². The van der Waals surface area contributed by atoms with E-state index in [0.717, 1.165) is 18.9 Å². The molecule has 2 aromatic carbocycles. The normalized spacial score (nSPS) is 18.5. The van der Waals surface area contributed by atoms with Gasteiger partial charge in [0.05, 0.1) is 34.5 Å². The second-order valence-corrected chi connectivity index (χ2v) is 12.0. The van der Waals surface area contributed by atoms with Crippen molar-refractivity contribution in [2.24, 2.45) is 5.73 Å². The zero-order chi connectivity index (χ0) is 31.9. The van der Waals surface area contributed by atoms with E-state index in [1.54, 1.807) is 24.3 Å². The van der Waals surface area contributed by atoms with Crippen LogP contribution in [0.3, 0.4) is 0 Å².